The van der Waals surface area contributed by atoms with Crippen LogP contribution in [0.5, 0.6) is 5.75 Å². The largest absolute Gasteiger partial charge is 0.491 e. The van der Waals surface area contributed by atoms with Crippen molar-refractivity contribution in [1.82, 2.24) is 0 Å². The molecule has 160 valence electrons. The van der Waals surface area contributed by atoms with Crippen LogP contribution in [-0.2, 0) is 11.2 Å². The van der Waals surface area contributed by atoms with E-state index in [1.165, 1.54) is 12.1 Å². The zero-order valence-corrected chi connectivity index (χ0v) is 16.9. The molecule has 2 aromatic rings. The van der Waals surface area contributed by atoms with Gasteiger partial charge < -0.3 is 20.7 Å². The molecule has 2 aliphatic heterocycles. The van der Waals surface area contributed by atoms with Crippen molar-refractivity contribution in [3.63, 3.8) is 0 Å². The molecule has 2 heterocycles. The van der Waals surface area contributed by atoms with Gasteiger partial charge in [-0.05, 0) is 43.5 Å². The number of nitrogens with zero attached hydrogens (tertiary/aromatic N) is 1. The third-order valence-corrected chi connectivity index (χ3v) is 5.88. The molecular weight excluding hydrogens is 419 g/mol. The van der Waals surface area contributed by atoms with E-state index in [-0.39, 0.29) is 35.3 Å². The molecule has 1 saturated heterocycles. The highest BCUT2D eigenvalue weighted by atomic mass is 35.5. The fourth-order valence-electron chi connectivity index (χ4n) is 3.94. The Morgan fingerprint density at radius 3 is 2.43 bits per heavy atom. The summed E-state index contributed by atoms with van der Waals surface area (Å²) in [6.07, 6.45) is 1.55. The van der Waals surface area contributed by atoms with E-state index >= 15 is 0 Å². The lowest BCUT2D eigenvalue weighted by Crippen LogP contribution is -2.54. The minimum atomic E-state index is -0.708. The number of carbonyl (C=O) groups is 1. The van der Waals surface area contributed by atoms with Gasteiger partial charge in [-0.3, -0.25) is 4.79 Å². The predicted molar refractivity (Wildman–Crippen MR) is 109 cm³/mol. The highest BCUT2D eigenvalue weighted by molar-refractivity contribution is 6.30. The Hall–Kier alpha value is -2.45. The highest BCUT2D eigenvalue weighted by Crippen LogP contribution is 2.35. The van der Waals surface area contributed by atoms with Gasteiger partial charge in [-0.1, -0.05) is 11.6 Å². The number of fused-ring (bicyclic) bond motifs is 1. The van der Waals surface area contributed by atoms with Crippen LogP contribution >= 0.6 is 11.6 Å². The van der Waals surface area contributed by atoms with Crippen LogP contribution < -0.4 is 20.7 Å². The second-order valence-electron chi connectivity index (χ2n) is 7.80. The van der Waals surface area contributed by atoms with Gasteiger partial charge >= 0.3 is 0 Å². The summed E-state index contributed by atoms with van der Waals surface area (Å²) in [5.74, 6) is -1.67. The van der Waals surface area contributed by atoms with Crippen molar-refractivity contribution < 1.29 is 22.7 Å². The summed E-state index contributed by atoms with van der Waals surface area (Å²) in [5.41, 5.74) is 6.43. The Balaban J connectivity index is 1.43. The number of anilines is 2. The van der Waals surface area contributed by atoms with Crippen LogP contribution in [0, 0.1) is 17.5 Å². The molecule has 4 rings (SSSR count). The van der Waals surface area contributed by atoms with Crippen LogP contribution in [0.15, 0.2) is 24.3 Å². The van der Waals surface area contributed by atoms with E-state index in [1.807, 2.05) is 0 Å². The summed E-state index contributed by atoms with van der Waals surface area (Å²) >= 11 is 5.69. The SMILES string of the molecule is NC1(COc2ccc(F)c3c2CCC(=O)N3)CCN(c2c(F)cc(Cl)cc2F)CC1. The molecule has 9 heteroatoms. The number of nitrogens with one attached hydrogen (secondary N) is 1. The van der Waals surface area contributed by atoms with Crippen LogP contribution in [0.25, 0.3) is 0 Å². The first-order valence-electron chi connectivity index (χ1n) is 9.68. The van der Waals surface area contributed by atoms with Crippen LogP contribution in [0.4, 0.5) is 24.5 Å². The van der Waals surface area contributed by atoms with Gasteiger partial charge in [0.1, 0.15) is 23.9 Å². The van der Waals surface area contributed by atoms with Gasteiger partial charge in [0.25, 0.3) is 0 Å². The summed E-state index contributed by atoms with van der Waals surface area (Å²) in [6.45, 7) is 0.873. The number of piperidine rings is 1. The Morgan fingerprint density at radius 1 is 1.10 bits per heavy atom. The fraction of sp³-hybridized carbons (Fsp3) is 0.381. The second kappa shape index (κ2) is 8.00. The third kappa shape index (κ3) is 4.06. The van der Waals surface area contributed by atoms with Crippen molar-refractivity contribution in [1.29, 1.82) is 0 Å². The lowest BCUT2D eigenvalue weighted by molar-refractivity contribution is -0.116. The molecule has 3 N–H and O–H groups in total. The maximum Gasteiger partial charge on any atom is 0.224 e. The van der Waals surface area contributed by atoms with Gasteiger partial charge in [0, 0.05) is 30.1 Å². The first-order valence-corrected chi connectivity index (χ1v) is 10.1. The summed E-state index contributed by atoms with van der Waals surface area (Å²) in [7, 11) is 0. The van der Waals surface area contributed by atoms with Crippen molar-refractivity contribution in [3.8, 4) is 5.75 Å². The van der Waals surface area contributed by atoms with Crippen molar-refractivity contribution in [2.24, 2.45) is 5.73 Å². The molecule has 1 fully saturated rings. The summed E-state index contributed by atoms with van der Waals surface area (Å²) in [5, 5.41) is 2.55. The standard InChI is InChI=1S/C21H21ClF3N3O2/c22-12-9-15(24)20(16(25)10-12)28-7-5-21(26,6-8-28)11-30-17-3-2-14(23)19-13(17)1-4-18(29)27-19/h2-3,9-10H,1,4-8,11,26H2,(H,27,29). The molecule has 0 radical (unpaired) electrons. The molecule has 0 aromatic heterocycles. The van der Waals surface area contributed by atoms with Crippen LogP contribution in [0.2, 0.25) is 5.02 Å². The predicted octanol–water partition coefficient (Wildman–Crippen LogP) is 4.02. The van der Waals surface area contributed by atoms with Gasteiger partial charge in [0.15, 0.2) is 11.6 Å². The fourth-order valence-corrected chi connectivity index (χ4v) is 4.13. The number of halogens is 4. The summed E-state index contributed by atoms with van der Waals surface area (Å²) < 4.78 is 48.3. The lowest BCUT2D eigenvalue weighted by Gasteiger charge is -2.40. The number of benzene rings is 2. The smallest absolute Gasteiger partial charge is 0.224 e. The maximum atomic E-state index is 14.2. The molecule has 2 aromatic carbocycles. The van der Waals surface area contributed by atoms with Crippen LogP contribution in [0.3, 0.4) is 0 Å². The average Bonchev–Trinajstić information content (AvgIpc) is 2.69. The van der Waals surface area contributed by atoms with Gasteiger partial charge in [-0.2, -0.15) is 0 Å². The first-order chi connectivity index (χ1) is 14.3. The molecule has 0 unspecified atom stereocenters. The number of rotatable bonds is 4. The minimum Gasteiger partial charge on any atom is -0.491 e. The molecule has 30 heavy (non-hydrogen) atoms. The van der Waals surface area contributed by atoms with Crippen molar-refractivity contribution in [2.75, 3.05) is 29.9 Å². The monoisotopic (exact) mass is 439 g/mol. The van der Waals surface area contributed by atoms with Crippen LogP contribution in [0.1, 0.15) is 24.8 Å². The van der Waals surface area contributed by atoms with Crippen molar-refractivity contribution in [2.45, 2.75) is 31.2 Å². The molecule has 0 saturated carbocycles. The van der Waals surface area contributed by atoms with Crippen molar-refractivity contribution >= 4 is 28.9 Å². The number of amides is 1. The zero-order valence-electron chi connectivity index (χ0n) is 16.1. The molecule has 0 atom stereocenters. The Morgan fingerprint density at radius 2 is 1.77 bits per heavy atom. The molecular formula is C21H21ClF3N3O2. The molecule has 0 spiro atoms. The number of hydrogen-bond donors (Lipinski definition) is 2. The number of nitrogens with two attached hydrogens (primary N) is 1. The molecule has 2 aliphatic rings. The van der Waals surface area contributed by atoms with E-state index in [4.69, 9.17) is 22.1 Å². The Bertz CT molecular complexity index is 971. The Kier molecular flexibility index (Phi) is 5.55. The maximum absolute atomic E-state index is 14.2. The topological polar surface area (TPSA) is 67.6 Å². The van der Waals surface area contributed by atoms with E-state index < -0.39 is 23.0 Å². The van der Waals surface area contributed by atoms with E-state index in [0.29, 0.717) is 43.7 Å². The van der Waals surface area contributed by atoms with Gasteiger partial charge in [-0.25, -0.2) is 13.2 Å². The average molecular weight is 440 g/mol. The van der Waals surface area contributed by atoms with E-state index in [1.54, 1.807) is 4.90 Å². The number of carbonyl (C=O) groups excluding carboxylic acids is 1. The first kappa shape index (κ1) is 20.8. The Labute approximate surface area is 176 Å². The van der Waals surface area contributed by atoms with Gasteiger partial charge in [0.05, 0.1) is 11.2 Å². The van der Waals surface area contributed by atoms with E-state index in [0.717, 1.165) is 12.1 Å². The minimum absolute atomic E-state index is 0.00570. The molecule has 5 nitrogen and oxygen atoms in total. The van der Waals surface area contributed by atoms with Crippen molar-refractivity contribution in [3.05, 3.63) is 52.3 Å². The molecule has 0 aliphatic carbocycles. The zero-order chi connectivity index (χ0) is 21.5. The molecule has 0 bridgehead atoms. The second-order valence-corrected chi connectivity index (χ2v) is 8.24. The van der Waals surface area contributed by atoms with Gasteiger partial charge in [0.2, 0.25) is 5.91 Å². The van der Waals surface area contributed by atoms with Gasteiger partial charge in [-0.15, -0.1) is 0 Å². The summed E-state index contributed by atoms with van der Waals surface area (Å²) in [6, 6.07) is 4.95. The van der Waals surface area contributed by atoms with E-state index in [2.05, 4.69) is 5.32 Å². The van der Waals surface area contributed by atoms with E-state index in [9.17, 15) is 18.0 Å². The number of hydrogen-bond acceptors (Lipinski definition) is 4. The number of ether oxygens (including phenoxy) is 1. The third-order valence-electron chi connectivity index (χ3n) is 5.66. The summed E-state index contributed by atoms with van der Waals surface area (Å²) in [4.78, 5) is 13.2. The lowest BCUT2D eigenvalue weighted by atomic mass is 9.89. The molecule has 1 amide bonds. The normalized spacial score (nSPS) is 18.0. The quantitative estimate of drug-likeness (QED) is 0.755. The van der Waals surface area contributed by atoms with Crippen LogP contribution in [-0.4, -0.2) is 31.1 Å². The highest BCUT2D eigenvalue weighted by Gasteiger charge is 2.34.